The average Bonchev–Trinajstić information content (AvgIpc) is 3.09. The second-order valence-corrected chi connectivity index (χ2v) is 7.53. The number of rotatable bonds is 10. The van der Waals surface area contributed by atoms with E-state index in [-0.39, 0.29) is 6.04 Å². The van der Waals surface area contributed by atoms with Gasteiger partial charge in [0.05, 0.1) is 18.8 Å². The van der Waals surface area contributed by atoms with Crippen molar-refractivity contribution in [1.29, 1.82) is 0 Å². The summed E-state index contributed by atoms with van der Waals surface area (Å²) in [6.45, 7) is 10.9. The molecule has 0 fully saturated rings. The lowest BCUT2D eigenvalue weighted by Gasteiger charge is -2.18. The Balaban J connectivity index is 1.85. The smallest absolute Gasteiger partial charge is 0.191 e. The van der Waals surface area contributed by atoms with E-state index in [1.54, 1.807) is 0 Å². The molecule has 154 valence electrons. The molecule has 1 unspecified atom stereocenters. The fourth-order valence-corrected chi connectivity index (χ4v) is 2.80. The van der Waals surface area contributed by atoms with Gasteiger partial charge in [-0.1, -0.05) is 26.0 Å². The lowest BCUT2D eigenvalue weighted by atomic mass is 10.1. The van der Waals surface area contributed by atoms with Crippen molar-refractivity contribution in [3.63, 3.8) is 0 Å². The Hall–Kier alpha value is -2.50. The van der Waals surface area contributed by atoms with Gasteiger partial charge in [0.25, 0.3) is 0 Å². The van der Waals surface area contributed by atoms with Crippen LogP contribution in [-0.2, 0) is 13.5 Å². The normalized spacial score (nSPS) is 12.9. The summed E-state index contributed by atoms with van der Waals surface area (Å²) in [6.07, 6.45) is 5.97. The van der Waals surface area contributed by atoms with Crippen LogP contribution < -0.4 is 15.4 Å². The molecule has 1 atom stereocenters. The van der Waals surface area contributed by atoms with Gasteiger partial charge < -0.3 is 15.4 Å². The molecule has 2 aromatic rings. The van der Waals surface area contributed by atoms with Gasteiger partial charge in [0.15, 0.2) is 5.96 Å². The summed E-state index contributed by atoms with van der Waals surface area (Å²) >= 11 is 0. The highest BCUT2D eigenvalue weighted by Crippen LogP contribution is 2.18. The highest BCUT2D eigenvalue weighted by Gasteiger charge is 2.08. The Bertz CT molecular complexity index is 721. The van der Waals surface area contributed by atoms with Crippen LogP contribution in [-0.4, -0.2) is 35.4 Å². The lowest BCUT2D eigenvalue weighted by molar-refractivity contribution is 0.271. The van der Waals surface area contributed by atoms with Gasteiger partial charge in [-0.05, 0) is 55.9 Å². The zero-order valence-corrected chi connectivity index (χ0v) is 17.9. The van der Waals surface area contributed by atoms with Crippen LogP contribution in [0.3, 0.4) is 0 Å². The molecule has 2 N–H and O–H groups in total. The number of nitrogens with zero attached hydrogens (tertiary/aromatic N) is 3. The van der Waals surface area contributed by atoms with Gasteiger partial charge in [-0.25, -0.2) is 0 Å². The van der Waals surface area contributed by atoms with Crippen LogP contribution in [0.5, 0.6) is 5.75 Å². The molecule has 0 saturated heterocycles. The van der Waals surface area contributed by atoms with Crippen LogP contribution in [0.2, 0.25) is 0 Å². The summed E-state index contributed by atoms with van der Waals surface area (Å²) in [4.78, 5) is 4.71. The average molecular weight is 386 g/mol. The van der Waals surface area contributed by atoms with E-state index >= 15 is 0 Å². The molecular weight excluding hydrogens is 350 g/mol. The molecule has 6 heteroatoms. The van der Waals surface area contributed by atoms with E-state index in [9.17, 15) is 0 Å². The van der Waals surface area contributed by atoms with Crippen molar-refractivity contribution in [2.24, 2.45) is 18.0 Å². The van der Waals surface area contributed by atoms with E-state index in [2.05, 4.69) is 61.8 Å². The Morgan fingerprint density at radius 1 is 1.21 bits per heavy atom. The van der Waals surface area contributed by atoms with E-state index in [1.807, 2.05) is 30.1 Å². The minimum atomic E-state index is 0.162. The van der Waals surface area contributed by atoms with E-state index in [0.29, 0.717) is 5.92 Å². The van der Waals surface area contributed by atoms with Gasteiger partial charge in [-0.2, -0.15) is 5.10 Å². The molecule has 28 heavy (non-hydrogen) atoms. The first-order valence-electron chi connectivity index (χ1n) is 10.2. The van der Waals surface area contributed by atoms with E-state index in [0.717, 1.165) is 44.2 Å². The van der Waals surface area contributed by atoms with Crippen LogP contribution in [0.4, 0.5) is 0 Å². The minimum Gasteiger partial charge on any atom is -0.493 e. The second kappa shape index (κ2) is 11.4. The number of aliphatic imine (C=N–C) groups is 1. The largest absolute Gasteiger partial charge is 0.493 e. The molecule has 1 aromatic heterocycles. The van der Waals surface area contributed by atoms with Crippen molar-refractivity contribution in [2.45, 2.75) is 46.6 Å². The summed E-state index contributed by atoms with van der Waals surface area (Å²) in [5.74, 6) is 2.29. The fraction of sp³-hybridized carbons (Fsp3) is 0.545. The van der Waals surface area contributed by atoms with Crippen molar-refractivity contribution in [2.75, 3.05) is 19.7 Å². The quantitative estimate of drug-likeness (QED) is 0.372. The van der Waals surface area contributed by atoms with Crippen LogP contribution in [0, 0.1) is 5.92 Å². The third-order valence-corrected chi connectivity index (χ3v) is 4.31. The van der Waals surface area contributed by atoms with Gasteiger partial charge in [0, 0.05) is 26.3 Å². The predicted octanol–water partition coefficient (Wildman–Crippen LogP) is 3.70. The minimum absolute atomic E-state index is 0.162. The number of aromatic nitrogens is 2. The van der Waals surface area contributed by atoms with Gasteiger partial charge in [-0.15, -0.1) is 0 Å². The summed E-state index contributed by atoms with van der Waals surface area (Å²) < 4.78 is 7.60. The molecule has 0 bridgehead atoms. The lowest BCUT2D eigenvalue weighted by Crippen LogP contribution is -2.38. The van der Waals surface area contributed by atoms with Gasteiger partial charge in [-0.3, -0.25) is 9.67 Å². The molecule has 0 radical (unpaired) electrons. The van der Waals surface area contributed by atoms with Crippen LogP contribution in [0.1, 0.15) is 51.3 Å². The molecule has 0 aliphatic carbocycles. The third kappa shape index (κ3) is 7.62. The van der Waals surface area contributed by atoms with Crippen molar-refractivity contribution in [1.82, 2.24) is 20.4 Å². The topological polar surface area (TPSA) is 63.5 Å². The number of ether oxygens (including phenoxy) is 1. The molecule has 2 rings (SSSR count). The zero-order valence-electron chi connectivity index (χ0n) is 17.9. The molecule has 1 heterocycles. The van der Waals surface area contributed by atoms with Crippen molar-refractivity contribution >= 4 is 5.96 Å². The van der Waals surface area contributed by atoms with Gasteiger partial charge in [0.1, 0.15) is 5.75 Å². The highest BCUT2D eigenvalue weighted by molar-refractivity contribution is 5.80. The fourth-order valence-electron chi connectivity index (χ4n) is 2.80. The first-order valence-corrected chi connectivity index (χ1v) is 10.2. The molecule has 0 spiro atoms. The first kappa shape index (κ1) is 21.8. The summed E-state index contributed by atoms with van der Waals surface area (Å²) in [5.41, 5.74) is 2.46. The Morgan fingerprint density at radius 2 is 1.96 bits per heavy atom. The highest BCUT2D eigenvalue weighted by atomic mass is 16.5. The molecule has 0 amide bonds. The third-order valence-electron chi connectivity index (χ3n) is 4.31. The molecule has 0 saturated carbocycles. The number of hydrogen-bond acceptors (Lipinski definition) is 3. The molecule has 0 aliphatic heterocycles. The van der Waals surface area contributed by atoms with Crippen LogP contribution in [0.25, 0.3) is 0 Å². The predicted molar refractivity (Wildman–Crippen MR) is 116 cm³/mol. The molecule has 0 aliphatic rings. The number of benzene rings is 1. The SMILES string of the molecule is CCNC(=NCCCc1cnn(C)c1)NC(C)c1ccc(OCC(C)C)cc1. The van der Waals surface area contributed by atoms with Crippen molar-refractivity contribution in [3.05, 3.63) is 47.8 Å². The number of nitrogens with one attached hydrogen (secondary N) is 2. The zero-order chi connectivity index (χ0) is 20.4. The maximum absolute atomic E-state index is 5.76. The summed E-state index contributed by atoms with van der Waals surface area (Å²) in [7, 11) is 1.94. The maximum Gasteiger partial charge on any atom is 0.191 e. The van der Waals surface area contributed by atoms with Crippen LogP contribution >= 0.6 is 0 Å². The van der Waals surface area contributed by atoms with E-state index in [4.69, 9.17) is 9.73 Å². The number of aryl methyl sites for hydroxylation is 2. The van der Waals surface area contributed by atoms with Crippen LogP contribution in [0.15, 0.2) is 41.7 Å². The second-order valence-electron chi connectivity index (χ2n) is 7.53. The Kier molecular flexibility index (Phi) is 8.85. The molecule has 6 nitrogen and oxygen atoms in total. The molecule has 1 aromatic carbocycles. The van der Waals surface area contributed by atoms with Gasteiger partial charge >= 0.3 is 0 Å². The van der Waals surface area contributed by atoms with Crippen molar-refractivity contribution < 1.29 is 4.74 Å². The summed E-state index contributed by atoms with van der Waals surface area (Å²) in [5, 5.41) is 11.0. The monoisotopic (exact) mass is 385 g/mol. The standard InChI is InChI=1S/C22H35N5O/c1-6-23-22(24-13-7-8-19-14-25-27(5)15-19)26-18(4)20-9-11-21(12-10-20)28-16-17(2)3/h9-12,14-15,17-18H,6-8,13,16H2,1-5H3,(H2,23,24,26). The van der Waals surface area contributed by atoms with E-state index < -0.39 is 0 Å². The maximum atomic E-state index is 5.76. The van der Waals surface area contributed by atoms with E-state index in [1.165, 1.54) is 11.1 Å². The Morgan fingerprint density at radius 3 is 2.57 bits per heavy atom. The number of guanidine groups is 1. The molecular formula is C22H35N5O. The first-order chi connectivity index (χ1) is 13.5. The number of hydrogen-bond donors (Lipinski definition) is 2. The summed E-state index contributed by atoms with van der Waals surface area (Å²) in [6, 6.07) is 8.45. The van der Waals surface area contributed by atoms with Gasteiger partial charge in [0.2, 0.25) is 0 Å². The van der Waals surface area contributed by atoms with Crippen molar-refractivity contribution in [3.8, 4) is 5.75 Å². The Labute approximate surface area is 169 Å².